The fraction of sp³-hybridized carbons (Fsp3) is 0.733. The van der Waals surface area contributed by atoms with E-state index in [2.05, 4.69) is 29.2 Å². The van der Waals surface area contributed by atoms with E-state index in [1.54, 1.807) is 6.20 Å². The smallest absolute Gasteiger partial charge is 0.250 e. The first-order valence-electron chi connectivity index (χ1n) is 7.52. The molecule has 0 fully saturated rings. The molecular formula is C15H28N4O2. The summed E-state index contributed by atoms with van der Waals surface area (Å²) in [7, 11) is 0. The summed E-state index contributed by atoms with van der Waals surface area (Å²) in [4.78, 5) is 14.1. The van der Waals surface area contributed by atoms with Crippen LogP contribution in [-0.2, 0) is 16.1 Å². The molecule has 0 radical (unpaired) electrons. The number of hydrogen-bond donors (Lipinski definition) is 1. The zero-order valence-electron chi connectivity index (χ0n) is 13.8. The van der Waals surface area contributed by atoms with Crippen molar-refractivity contribution in [3.8, 4) is 0 Å². The molecule has 0 bridgehead atoms. The van der Waals surface area contributed by atoms with Crippen molar-refractivity contribution in [3.63, 3.8) is 0 Å². The number of anilines is 1. The Kier molecular flexibility index (Phi) is 6.84. The zero-order chi connectivity index (χ0) is 15.9. The number of likely N-dealkylation sites (N-methyl/N-ethyl adjacent to an activating group) is 1. The van der Waals surface area contributed by atoms with Gasteiger partial charge in [0.05, 0.1) is 24.0 Å². The number of amides is 1. The fourth-order valence-corrected chi connectivity index (χ4v) is 1.81. The van der Waals surface area contributed by atoms with Crippen molar-refractivity contribution in [2.45, 2.75) is 46.8 Å². The largest absolute Gasteiger partial charge is 0.366 e. The van der Waals surface area contributed by atoms with Crippen LogP contribution in [-0.4, -0.2) is 52.4 Å². The summed E-state index contributed by atoms with van der Waals surface area (Å²) >= 11 is 0. The molecule has 1 rings (SSSR count). The van der Waals surface area contributed by atoms with Crippen LogP contribution in [0.25, 0.3) is 0 Å². The van der Waals surface area contributed by atoms with Gasteiger partial charge in [-0.25, -0.2) is 0 Å². The van der Waals surface area contributed by atoms with Gasteiger partial charge in [-0.15, -0.1) is 0 Å². The lowest BCUT2D eigenvalue weighted by Crippen LogP contribution is -2.27. The van der Waals surface area contributed by atoms with Gasteiger partial charge < -0.3 is 15.0 Å². The average Bonchev–Trinajstić information content (AvgIpc) is 2.84. The third-order valence-electron chi connectivity index (χ3n) is 3.09. The topological polar surface area (TPSA) is 59.4 Å². The summed E-state index contributed by atoms with van der Waals surface area (Å²) < 4.78 is 7.28. The Labute approximate surface area is 127 Å². The molecular weight excluding hydrogens is 268 g/mol. The molecule has 21 heavy (non-hydrogen) atoms. The van der Waals surface area contributed by atoms with E-state index >= 15 is 0 Å². The highest BCUT2D eigenvalue weighted by atomic mass is 16.5. The summed E-state index contributed by atoms with van der Waals surface area (Å²) in [5, 5.41) is 7.04. The van der Waals surface area contributed by atoms with E-state index in [0.717, 1.165) is 26.2 Å². The molecule has 0 spiro atoms. The lowest BCUT2D eigenvalue weighted by atomic mass is 10.2. The minimum absolute atomic E-state index is 0.0497. The average molecular weight is 296 g/mol. The molecule has 0 aliphatic heterocycles. The summed E-state index contributed by atoms with van der Waals surface area (Å²) in [6, 6.07) is 0. The van der Waals surface area contributed by atoms with Gasteiger partial charge in [-0.3, -0.25) is 9.48 Å². The maximum atomic E-state index is 11.7. The Hall–Kier alpha value is -1.40. The molecule has 1 aromatic heterocycles. The minimum atomic E-state index is -0.314. The Morgan fingerprint density at radius 3 is 2.62 bits per heavy atom. The van der Waals surface area contributed by atoms with E-state index in [0.29, 0.717) is 5.69 Å². The van der Waals surface area contributed by atoms with E-state index < -0.39 is 0 Å². The molecule has 1 N–H and O–H groups in total. The monoisotopic (exact) mass is 296 g/mol. The number of ether oxygens (including phenoxy) is 1. The van der Waals surface area contributed by atoms with Crippen LogP contribution in [0.5, 0.6) is 0 Å². The van der Waals surface area contributed by atoms with E-state index in [1.165, 1.54) is 0 Å². The summed E-state index contributed by atoms with van der Waals surface area (Å²) in [5.41, 5.74) is 0.391. The highest BCUT2D eigenvalue weighted by molar-refractivity contribution is 5.91. The molecule has 1 aromatic rings. The lowest BCUT2D eigenvalue weighted by Gasteiger charge is -2.18. The molecule has 0 atom stereocenters. The third-order valence-corrected chi connectivity index (χ3v) is 3.09. The first-order chi connectivity index (χ1) is 9.84. The van der Waals surface area contributed by atoms with Crippen molar-refractivity contribution >= 4 is 11.6 Å². The van der Waals surface area contributed by atoms with Gasteiger partial charge in [-0.05, 0) is 33.9 Å². The van der Waals surface area contributed by atoms with Crippen molar-refractivity contribution in [2.24, 2.45) is 0 Å². The molecule has 1 amide bonds. The fourth-order valence-electron chi connectivity index (χ4n) is 1.81. The molecule has 0 aliphatic carbocycles. The van der Waals surface area contributed by atoms with E-state index in [1.807, 2.05) is 31.6 Å². The Balaban J connectivity index is 2.39. The van der Waals surface area contributed by atoms with Crippen LogP contribution in [0.2, 0.25) is 0 Å². The van der Waals surface area contributed by atoms with Gasteiger partial charge in [-0.2, -0.15) is 5.10 Å². The van der Waals surface area contributed by atoms with Crippen molar-refractivity contribution in [1.82, 2.24) is 14.7 Å². The number of aromatic nitrogens is 2. The second-order valence-corrected chi connectivity index (χ2v) is 5.97. The molecule has 0 aromatic carbocycles. The van der Waals surface area contributed by atoms with Crippen LogP contribution >= 0.6 is 0 Å². The van der Waals surface area contributed by atoms with Gasteiger partial charge in [0.25, 0.3) is 0 Å². The van der Waals surface area contributed by atoms with E-state index in [-0.39, 0.29) is 18.1 Å². The van der Waals surface area contributed by atoms with Gasteiger partial charge in [0.2, 0.25) is 5.91 Å². The zero-order valence-corrected chi connectivity index (χ0v) is 13.8. The van der Waals surface area contributed by atoms with Crippen LogP contribution < -0.4 is 5.32 Å². The van der Waals surface area contributed by atoms with Crippen molar-refractivity contribution < 1.29 is 9.53 Å². The van der Waals surface area contributed by atoms with E-state index in [9.17, 15) is 4.79 Å². The van der Waals surface area contributed by atoms with E-state index in [4.69, 9.17) is 4.74 Å². The first kappa shape index (κ1) is 17.7. The molecule has 0 aliphatic rings. The Bertz CT molecular complexity index is 433. The van der Waals surface area contributed by atoms with Crippen LogP contribution in [0.3, 0.4) is 0 Å². The normalized spacial score (nSPS) is 11.9. The highest BCUT2D eigenvalue weighted by Gasteiger charge is 2.13. The summed E-state index contributed by atoms with van der Waals surface area (Å²) in [5.74, 6) is -0.159. The molecule has 0 unspecified atom stereocenters. The Morgan fingerprint density at radius 1 is 1.38 bits per heavy atom. The minimum Gasteiger partial charge on any atom is -0.366 e. The quantitative estimate of drug-likeness (QED) is 0.797. The number of nitrogens with zero attached hydrogens (tertiary/aromatic N) is 3. The SMILES string of the molecule is CCN(CC)CCn1cc(NC(=O)COC(C)(C)C)cn1. The van der Waals surface area contributed by atoms with Crippen molar-refractivity contribution in [1.29, 1.82) is 0 Å². The molecule has 0 saturated heterocycles. The first-order valence-corrected chi connectivity index (χ1v) is 7.52. The summed E-state index contributed by atoms with van der Waals surface area (Å²) in [6.45, 7) is 13.9. The predicted molar refractivity (Wildman–Crippen MR) is 84.3 cm³/mol. The molecule has 1 heterocycles. The molecule has 120 valence electrons. The van der Waals surface area contributed by atoms with Crippen molar-refractivity contribution in [3.05, 3.63) is 12.4 Å². The van der Waals surface area contributed by atoms with Crippen molar-refractivity contribution in [2.75, 3.05) is 31.6 Å². The standard InChI is InChI=1S/C15H28N4O2/c1-6-18(7-2)8-9-19-11-13(10-16-19)17-14(20)12-21-15(3,4)5/h10-11H,6-9,12H2,1-5H3,(H,17,20). The van der Waals surface area contributed by atoms with Gasteiger partial charge in [0, 0.05) is 12.7 Å². The second kappa shape index (κ2) is 8.14. The second-order valence-electron chi connectivity index (χ2n) is 5.97. The highest BCUT2D eigenvalue weighted by Crippen LogP contribution is 2.08. The van der Waals surface area contributed by atoms with Crippen LogP contribution in [0.1, 0.15) is 34.6 Å². The van der Waals surface area contributed by atoms with Gasteiger partial charge >= 0.3 is 0 Å². The number of carbonyl (C=O) groups excluding carboxylic acids is 1. The third kappa shape index (κ3) is 7.24. The van der Waals surface area contributed by atoms with Crippen LogP contribution in [0, 0.1) is 0 Å². The molecule has 0 saturated carbocycles. The van der Waals surface area contributed by atoms with Gasteiger partial charge in [-0.1, -0.05) is 13.8 Å². The maximum absolute atomic E-state index is 11.7. The molecule has 6 nitrogen and oxygen atoms in total. The van der Waals surface area contributed by atoms with Crippen LogP contribution in [0.15, 0.2) is 12.4 Å². The molecule has 6 heteroatoms. The number of nitrogens with one attached hydrogen (secondary N) is 1. The summed E-state index contributed by atoms with van der Waals surface area (Å²) in [6.07, 6.45) is 3.51. The van der Waals surface area contributed by atoms with Gasteiger partial charge in [0.15, 0.2) is 0 Å². The number of carbonyl (C=O) groups is 1. The number of hydrogen-bond acceptors (Lipinski definition) is 4. The number of rotatable bonds is 8. The Morgan fingerprint density at radius 2 is 2.05 bits per heavy atom. The lowest BCUT2D eigenvalue weighted by molar-refractivity contribution is -0.125. The predicted octanol–water partition coefficient (Wildman–Crippen LogP) is 1.98. The van der Waals surface area contributed by atoms with Crippen LogP contribution in [0.4, 0.5) is 5.69 Å². The maximum Gasteiger partial charge on any atom is 0.250 e. The van der Waals surface area contributed by atoms with Gasteiger partial charge in [0.1, 0.15) is 6.61 Å².